The Kier molecular flexibility index (Phi) is 3.90. The lowest BCUT2D eigenvalue weighted by Crippen LogP contribution is -2.46. The van der Waals surface area contributed by atoms with Crippen molar-refractivity contribution >= 4 is 5.91 Å². The van der Waals surface area contributed by atoms with Crippen molar-refractivity contribution in [2.24, 2.45) is 0 Å². The van der Waals surface area contributed by atoms with E-state index in [9.17, 15) is 19.8 Å². The molecule has 104 valence electrons. The van der Waals surface area contributed by atoms with Crippen molar-refractivity contribution < 1.29 is 15.0 Å². The van der Waals surface area contributed by atoms with Crippen LogP contribution in [0, 0.1) is 0 Å². The van der Waals surface area contributed by atoms with Crippen LogP contribution in [0.3, 0.4) is 0 Å². The van der Waals surface area contributed by atoms with Crippen LogP contribution in [-0.2, 0) is 0 Å². The Hall–Kier alpha value is -1.82. The number of amides is 1. The van der Waals surface area contributed by atoms with Crippen LogP contribution >= 0.6 is 0 Å². The van der Waals surface area contributed by atoms with Gasteiger partial charge in [-0.05, 0) is 12.8 Å². The number of pyridine rings is 1. The van der Waals surface area contributed by atoms with E-state index in [4.69, 9.17) is 0 Å². The summed E-state index contributed by atoms with van der Waals surface area (Å²) in [5.74, 6) is -0.708. The second-order valence-electron chi connectivity index (χ2n) is 4.95. The first-order chi connectivity index (χ1) is 8.99. The second kappa shape index (κ2) is 5.44. The molecule has 0 bridgehead atoms. The summed E-state index contributed by atoms with van der Waals surface area (Å²) in [6.45, 7) is 0. The van der Waals surface area contributed by atoms with E-state index in [0.29, 0.717) is 6.42 Å². The lowest BCUT2D eigenvalue weighted by Gasteiger charge is -2.35. The van der Waals surface area contributed by atoms with Crippen molar-refractivity contribution in [1.82, 2.24) is 9.88 Å². The predicted molar refractivity (Wildman–Crippen MR) is 69.1 cm³/mol. The van der Waals surface area contributed by atoms with Crippen LogP contribution in [0.25, 0.3) is 0 Å². The Morgan fingerprint density at radius 1 is 1.37 bits per heavy atom. The van der Waals surface area contributed by atoms with Crippen LogP contribution in [0.1, 0.15) is 36.0 Å². The fourth-order valence-corrected chi connectivity index (χ4v) is 2.55. The number of aromatic nitrogens is 1. The van der Waals surface area contributed by atoms with Crippen molar-refractivity contribution in [3.05, 3.63) is 28.0 Å². The largest absolute Gasteiger partial charge is 0.494 e. The van der Waals surface area contributed by atoms with Gasteiger partial charge in [0.05, 0.1) is 17.7 Å². The van der Waals surface area contributed by atoms with Crippen molar-refractivity contribution in [2.75, 3.05) is 7.05 Å². The van der Waals surface area contributed by atoms with Crippen molar-refractivity contribution in [1.29, 1.82) is 0 Å². The number of nitrogens with one attached hydrogen (secondary N) is 1. The number of aromatic hydroxyl groups is 1. The van der Waals surface area contributed by atoms with Crippen molar-refractivity contribution in [2.45, 2.75) is 37.8 Å². The molecule has 6 heteroatoms. The summed E-state index contributed by atoms with van der Waals surface area (Å²) in [6, 6.07) is 2.13. The number of H-pyrrole nitrogens is 1. The number of rotatable bonds is 2. The number of carbonyl (C=O) groups excluding carboxylic acids is 1. The highest BCUT2D eigenvalue weighted by Crippen LogP contribution is 2.23. The van der Waals surface area contributed by atoms with Gasteiger partial charge in [-0.3, -0.25) is 14.6 Å². The number of hydrogen-bond acceptors (Lipinski definition) is 4. The van der Waals surface area contributed by atoms with E-state index >= 15 is 0 Å². The van der Waals surface area contributed by atoms with Crippen molar-refractivity contribution in [3.63, 3.8) is 0 Å². The Morgan fingerprint density at radius 2 is 2.05 bits per heavy atom. The molecule has 1 aliphatic carbocycles. The molecule has 19 heavy (non-hydrogen) atoms. The van der Waals surface area contributed by atoms with Gasteiger partial charge in [0, 0.05) is 19.2 Å². The first kappa shape index (κ1) is 13.6. The molecule has 1 amide bonds. The average Bonchev–Trinajstić information content (AvgIpc) is 2.36. The first-order valence-corrected chi connectivity index (χ1v) is 6.37. The molecule has 2 unspecified atom stereocenters. The van der Waals surface area contributed by atoms with Gasteiger partial charge in [0.25, 0.3) is 11.5 Å². The standard InChI is InChI=1S/C13H18N2O4/c1-15(9-4-2-3-5-10(9)16)13(19)8-6-11(17)14-12(18)7-8/h6-7,9-10,16H,2-5H2,1H3,(H2,14,17,18). The fourth-order valence-electron chi connectivity index (χ4n) is 2.55. The van der Waals surface area contributed by atoms with Gasteiger partial charge in [-0.25, -0.2) is 0 Å². The van der Waals surface area contributed by atoms with Gasteiger partial charge in [-0.2, -0.15) is 0 Å². The monoisotopic (exact) mass is 266 g/mol. The van der Waals surface area contributed by atoms with E-state index in [2.05, 4.69) is 4.98 Å². The van der Waals surface area contributed by atoms with Gasteiger partial charge in [0.2, 0.25) is 0 Å². The molecule has 0 spiro atoms. The van der Waals surface area contributed by atoms with Gasteiger partial charge in [0.15, 0.2) is 5.88 Å². The summed E-state index contributed by atoms with van der Waals surface area (Å²) in [6.07, 6.45) is 2.84. The smallest absolute Gasteiger partial charge is 0.254 e. The maximum atomic E-state index is 12.2. The number of aliphatic hydroxyl groups is 1. The third kappa shape index (κ3) is 2.96. The SMILES string of the molecule is CN(C(=O)c1cc(O)[nH]c(=O)c1)C1CCCCC1O. The number of aliphatic hydroxyl groups excluding tert-OH is 1. The Balaban J connectivity index is 2.20. The molecule has 0 aliphatic heterocycles. The molecule has 0 aromatic carbocycles. The second-order valence-corrected chi connectivity index (χ2v) is 4.95. The molecule has 1 aliphatic rings. The molecule has 1 heterocycles. The third-order valence-electron chi connectivity index (χ3n) is 3.59. The molecule has 2 rings (SSSR count). The molecule has 2 atom stereocenters. The van der Waals surface area contributed by atoms with Crippen LogP contribution in [0.2, 0.25) is 0 Å². The highest BCUT2D eigenvalue weighted by Gasteiger charge is 2.30. The van der Waals surface area contributed by atoms with Crippen LogP contribution in [0.15, 0.2) is 16.9 Å². The molecule has 1 aromatic heterocycles. The van der Waals surface area contributed by atoms with Crippen LogP contribution in [0.5, 0.6) is 5.88 Å². The van der Waals surface area contributed by atoms with E-state index in [1.807, 2.05) is 0 Å². The number of carbonyl (C=O) groups is 1. The lowest BCUT2D eigenvalue weighted by molar-refractivity contribution is 0.0267. The molecule has 6 nitrogen and oxygen atoms in total. The van der Waals surface area contributed by atoms with Gasteiger partial charge in [-0.15, -0.1) is 0 Å². The van der Waals surface area contributed by atoms with Crippen LogP contribution in [-0.4, -0.2) is 45.2 Å². The summed E-state index contributed by atoms with van der Waals surface area (Å²) in [5, 5.41) is 19.2. The average molecular weight is 266 g/mol. The van der Waals surface area contributed by atoms with Gasteiger partial charge in [0.1, 0.15) is 0 Å². The maximum Gasteiger partial charge on any atom is 0.254 e. The summed E-state index contributed by atoms with van der Waals surface area (Å²) in [7, 11) is 1.61. The number of aromatic amines is 1. The van der Waals surface area contributed by atoms with E-state index < -0.39 is 11.7 Å². The maximum absolute atomic E-state index is 12.2. The lowest BCUT2D eigenvalue weighted by atomic mass is 9.91. The van der Waals surface area contributed by atoms with Crippen molar-refractivity contribution in [3.8, 4) is 5.88 Å². The minimum atomic E-state index is -0.529. The molecule has 1 saturated carbocycles. The zero-order valence-corrected chi connectivity index (χ0v) is 10.8. The zero-order chi connectivity index (χ0) is 14.0. The van der Waals surface area contributed by atoms with E-state index in [1.54, 1.807) is 7.05 Å². The topological polar surface area (TPSA) is 93.6 Å². The summed E-state index contributed by atoms with van der Waals surface area (Å²) < 4.78 is 0. The quantitative estimate of drug-likeness (QED) is 0.724. The van der Waals surface area contributed by atoms with E-state index in [1.165, 1.54) is 11.0 Å². The Morgan fingerprint density at radius 3 is 2.68 bits per heavy atom. The summed E-state index contributed by atoms with van der Waals surface area (Å²) in [4.78, 5) is 27.1. The van der Waals surface area contributed by atoms with E-state index in [-0.39, 0.29) is 23.4 Å². The number of nitrogens with zero attached hydrogens (tertiary/aromatic N) is 1. The molecular formula is C13H18N2O4. The molecule has 3 N–H and O–H groups in total. The fraction of sp³-hybridized carbons (Fsp3) is 0.538. The van der Waals surface area contributed by atoms with Crippen LogP contribution in [0.4, 0.5) is 0 Å². The Bertz CT molecular complexity index is 526. The summed E-state index contributed by atoms with van der Waals surface area (Å²) in [5.41, 5.74) is -0.400. The van der Waals surface area contributed by atoms with Crippen LogP contribution < -0.4 is 5.56 Å². The van der Waals surface area contributed by atoms with Gasteiger partial charge < -0.3 is 15.1 Å². The highest BCUT2D eigenvalue weighted by atomic mass is 16.3. The molecule has 0 radical (unpaired) electrons. The molecule has 0 saturated heterocycles. The minimum absolute atomic E-state index is 0.126. The van der Waals surface area contributed by atoms with E-state index in [0.717, 1.165) is 25.3 Å². The third-order valence-corrected chi connectivity index (χ3v) is 3.59. The highest BCUT2D eigenvalue weighted by molar-refractivity contribution is 5.94. The number of hydrogen-bond donors (Lipinski definition) is 3. The van der Waals surface area contributed by atoms with Gasteiger partial charge in [-0.1, -0.05) is 12.8 Å². The Labute approximate surface area is 110 Å². The number of likely N-dealkylation sites (N-methyl/N-ethyl adjacent to an activating group) is 1. The normalized spacial score (nSPS) is 23.1. The first-order valence-electron chi connectivity index (χ1n) is 6.37. The molecule has 1 aromatic rings. The predicted octanol–water partition coefficient (Wildman–Crippen LogP) is 0.456. The zero-order valence-electron chi connectivity index (χ0n) is 10.8. The van der Waals surface area contributed by atoms with Gasteiger partial charge >= 0.3 is 0 Å². The molecule has 1 fully saturated rings. The minimum Gasteiger partial charge on any atom is -0.494 e. The summed E-state index contributed by atoms with van der Waals surface area (Å²) >= 11 is 0. The molecular weight excluding hydrogens is 248 g/mol.